The van der Waals surface area contributed by atoms with Crippen molar-refractivity contribution >= 4 is 23.1 Å². The molecule has 0 radical (unpaired) electrons. The van der Waals surface area contributed by atoms with Gasteiger partial charge < -0.3 is 8.74 Å². The number of hydrogen-bond acceptors (Lipinski definition) is 4. The summed E-state index contributed by atoms with van der Waals surface area (Å²) >= 11 is -3.74. The van der Waals surface area contributed by atoms with Gasteiger partial charge in [-0.15, -0.1) is 0 Å². The van der Waals surface area contributed by atoms with E-state index in [0.29, 0.717) is 0 Å². The SMILES string of the molecule is CC(C)c1cc(C(C)C)c(OS(=O)C(F)(F)SO)c(C(C)C)c1. The van der Waals surface area contributed by atoms with Crippen LogP contribution in [0.1, 0.15) is 76.0 Å². The lowest BCUT2D eigenvalue weighted by Crippen LogP contribution is -2.23. The fourth-order valence-corrected chi connectivity index (χ4v) is 2.93. The molecule has 1 unspecified atom stereocenters. The van der Waals surface area contributed by atoms with Gasteiger partial charge in [0.25, 0.3) is 11.1 Å². The first kappa shape index (κ1) is 20.4. The zero-order valence-electron chi connectivity index (χ0n) is 14.2. The van der Waals surface area contributed by atoms with Gasteiger partial charge in [0.2, 0.25) is 0 Å². The average Bonchev–Trinajstić information content (AvgIpc) is 2.46. The Bertz CT molecular complexity index is 543. The van der Waals surface area contributed by atoms with Crippen molar-refractivity contribution < 1.29 is 21.7 Å². The minimum Gasteiger partial charge on any atom is -0.395 e. The van der Waals surface area contributed by atoms with Crippen LogP contribution in [0.5, 0.6) is 5.75 Å². The van der Waals surface area contributed by atoms with Crippen LogP contribution in [0.3, 0.4) is 0 Å². The van der Waals surface area contributed by atoms with E-state index in [-0.39, 0.29) is 23.5 Å². The number of hydrogen-bond donors (Lipinski definition) is 1. The Balaban J connectivity index is 3.46. The molecule has 23 heavy (non-hydrogen) atoms. The van der Waals surface area contributed by atoms with Crippen LogP contribution in [0.15, 0.2) is 12.1 Å². The molecule has 0 heterocycles. The van der Waals surface area contributed by atoms with E-state index in [2.05, 4.69) is 13.8 Å². The number of benzene rings is 1. The largest absolute Gasteiger partial charge is 0.427 e. The summed E-state index contributed by atoms with van der Waals surface area (Å²) in [6.45, 7) is 11.8. The second kappa shape index (κ2) is 7.94. The molecule has 1 N–H and O–H groups in total. The van der Waals surface area contributed by atoms with Crippen molar-refractivity contribution in [2.75, 3.05) is 0 Å². The Hall–Kier alpha value is -0.660. The van der Waals surface area contributed by atoms with Crippen LogP contribution in [0.4, 0.5) is 8.78 Å². The minimum absolute atomic E-state index is 0.0219. The number of rotatable bonds is 7. The fourth-order valence-electron chi connectivity index (χ4n) is 2.14. The molecule has 0 aliphatic carbocycles. The highest BCUT2D eigenvalue weighted by Gasteiger charge is 2.42. The maximum Gasteiger partial charge on any atom is 0.427 e. The molecule has 0 fully saturated rings. The van der Waals surface area contributed by atoms with Gasteiger partial charge in [-0.25, -0.2) is 4.21 Å². The van der Waals surface area contributed by atoms with Gasteiger partial charge in [-0.1, -0.05) is 53.7 Å². The molecular weight excluding hydrogens is 342 g/mol. The van der Waals surface area contributed by atoms with Crippen LogP contribution in [0.2, 0.25) is 0 Å². The van der Waals surface area contributed by atoms with Crippen molar-refractivity contribution in [3.05, 3.63) is 28.8 Å². The fraction of sp³-hybridized carbons (Fsp3) is 0.625. The molecule has 0 saturated heterocycles. The van der Waals surface area contributed by atoms with Crippen molar-refractivity contribution in [3.63, 3.8) is 0 Å². The Kier molecular flexibility index (Phi) is 7.04. The normalized spacial score (nSPS) is 13.9. The average molecular weight is 366 g/mol. The van der Waals surface area contributed by atoms with Gasteiger partial charge in [-0.2, -0.15) is 8.78 Å². The van der Waals surface area contributed by atoms with Crippen LogP contribution in [-0.2, 0) is 11.1 Å². The van der Waals surface area contributed by atoms with Crippen LogP contribution >= 0.6 is 12.0 Å². The molecule has 0 amide bonds. The highest BCUT2D eigenvalue weighted by molar-refractivity contribution is 8.07. The molecule has 1 rings (SSSR count). The van der Waals surface area contributed by atoms with E-state index in [9.17, 15) is 13.0 Å². The molecular formula is C16H24F2O3S2. The quantitative estimate of drug-likeness (QED) is 0.614. The summed E-state index contributed by atoms with van der Waals surface area (Å²) < 4.78 is 48.4. The van der Waals surface area contributed by atoms with Crippen LogP contribution in [-0.4, -0.2) is 13.3 Å². The summed E-state index contributed by atoms with van der Waals surface area (Å²) in [4.78, 5) is 0. The maximum atomic E-state index is 13.4. The van der Waals surface area contributed by atoms with Crippen LogP contribution in [0, 0.1) is 0 Å². The highest BCUT2D eigenvalue weighted by atomic mass is 32.2. The minimum atomic E-state index is -3.88. The molecule has 0 aliphatic rings. The van der Waals surface area contributed by atoms with E-state index >= 15 is 0 Å². The Morgan fingerprint density at radius 2 is 1.48 bits per heavy atom. The van der Waals surface area contributed by atoms with Crippen LogP contribution in [0.25, 0.3) is 0 Å². The van der Waals surface area contributed by atoms with Gasteiger partial charge >= 0.3 is 4.59 Å². The van der Waals surface area contributed by atoms with Gasteiger partial charge in [0.1, 0.15) is 5.75 Å². The lowest BCUT2D eigenvalue weighted by Gasteiger charge is -2.23. The molecule has 0 spiro atoms. The highest BCUT2D eigenvalue weighted by Crippen LogP contribution is 2.40. The van der Waals surface area contributed by atoms with Gasteiger partial charge in [0.15, 0.2) is 0 Å². The monoisotopic (exact) mass is 366 g/mol. The van der Waals surface area contributed by atoms with Crippen molar-refractivity contribution in [1.82, 2.24) is 0 Å². The topological polar surface area (TPSA) is 46.5 Å². The molecule has 1 atom stereocenters. The van der Waals surface area contributed by atoms with E-state index in [1.54, 1.807) is 0 Å². The van der Waals surface area contributed by atoms with E-state index in [1.165, 1.54) is 0 Å². The summed E-state index contributed by atoms with van der Waals surface area (Å²) in [7, 11) is 0. The van der Waals surface area contributed by atoms with Gasteiger partial charge in [-0.3, -0.25) is 0 Å². The van der Waals surface area contributed by atoms with Gasteiger partial charge in [0, 0.05) is 0 Å². The van der Waals surface area contributed by atoms with Crippen molar-refractivity contribution in [3.8, 4) is 5.75 Å². The van der Waals surface area contributed by atoms with E-state index in [1.807, 2.05) is 39.8 Å². The van der Waals surface area contributed by atoms with E-state index in [0.717, 1.165) is 16.7 Å². The van der Waals surface area contributed by atoms with Gasteiger partial charge in [-0.05, 0) is 34.4 Å². The van der Waals surface area contributed by atoms with Gasteiger partial charge in [0.05, 0.1) is 12.0 Å². The first-order chi connectivity index (χ1) is 10.5. The van der Waals surface area contributed by atoms with Crippen LogP contribution < -0.4 is 4.18 Å². The summed E-state index contributed by atoms with van der Waals surface area (Å²) in [5.74, 6) is 0.549. The number of halogens is 2. The summed E-state index contributed by atoms with van der Waals surface area (Å²) in [5.41, 5.74) is 2.57. The van der Waals surface area contributed by atoms with Crippen molar-refractivity contribution in [2.45, 2.75) is 63.9 Å². The standard InChI is InChI=1S/C16H24F2O3S2/c1-9(2)12-7-13(10(3)4)15(14(8-12)11(5)6)21-23(20)16(17,18)22-19/h7-11,19H,1-6H3. The molecule has 7 heteroatoms. The Morgan fingerprint density at radius 3 is 1.78 bits per heavy atom. The smallest absolute Gasteiger partial charge is 0.395 e. The zero-order valence-corrected chi connectivity index (χ0v) is 15.9. The summed E-state index contributed by atoms with van der Waals surface area (Å²) in [5, 5.41) is 0. The van der Waals surface area contributed by atoms with Crippen molar-refractivity contribution in [2.24, 2.45) is 0 Å². The summed E-state index contributed by atoms with van der Waals surface area (Å²) in [6, 6.07) is 3.83. The predicted molar refractivity (Wildman–Crippen MR) is 92.6 cm³/mol. The van der Waals surface area contributed by atoms with Crippen molar-refractivity contribution in [1.29, 1.82) is 0 Å². The third-order valence-corrected chi connectivity index (χ3v) is 5.09. The Labute approximate surface area is 143 Å². The molecule has 1 aromatic rings. The first-order valence-electron chi connectivity index (χ1n) is 7.49. The summed E-state index contributed by atoms with van der Waals surface area (Å²) in [6.07, 6.45) is 0. The molecule has 0 aliphatic heterocycles. The predicted octanol–water partition coefficient (Wildman–Crippen LogP) is 5.86. The maximum absolute atomic E-state index is 13.4. The first-order valence-corrected chi connectivity index (χ1v) is 9.34. The molecule has 0 aromatic heterocycles. The van der Waals surface area contributed by atoms with E-state index in [4.69, 9.17) is 8.74 Å². The molecule has 0 bridgehead atoms. The molecule has 1 aromatic carbocycles. The lowest BCUT2D eigenvalue weighted by molar-refractivity contribution is 0.186. The third-order valence-electron chi connectivity index (χ3n) is 3.54. The third kappa shape index (κ3) is 4.90. The molecule has 3 nitrogen and oxygen atoms in total. The zero-order chi connectivity index (χ0) is 17.9. The second-order valence-corrected chi connectivity index (χ2v) is 8.47. The lowest BCUT2D eigenvalue weighted by atomic mass is 9.88. The molecule has 0 saturated carbocycles. The Morgan fingerprint density at radius 1 is 1.04 bits per heavy atom. The molecule has 132 valence electrons. The second-order valence-electron chi connectivity index (χ2n) is 6.37. The van der Waals surface area contributed by atoms with E-state index < -0.39 is 27.7 Å². The number of alkyl halides is 2.